The summed E-state index contributed by atoms with van der Waals surface area (Å²) in [6.45, 7) is -15.8. The first-order valence-corrected chi connectivity index (χ1v) is 6.85. The second kappa shape index (κ2) is 7.69. The van der Waals surface area contributed by atoms with Crippen LogP contribution in [-0.2, 0) is 10.3 Å². The van der Waals surface area contributed by atoms with Crippen molar-refractivity contribution in [3.8, 4) is 0 Å². The number of halogens is 1. The van der Waals surface area contributed by atoms with Crippen molar-refractivity contribution in [2.75, 3.05) is 20.0 Å². The molecule has 3 rings (SSSR count). The van der Waals surface area contributed by atoms with Gasteiger partial charge >= 0.3 is 0 Å². The third-order valence-electron chi connectivity index (χ3n) is 2.91. The van der Waals surface area contributed by atoms with Gasteiger partial charge in [-0.1, -0.05) is 53.9 Å². The van der Waals surface area contributed by atoms with Crippen molar-refractivity contribution < 1.29 is 37.6 Å². The zero-order chi connectivity index (χ0) is 37.9. The van der Waals surface area contributed by atoms with Crippen LogP contribution in [0.2, 0.25) is 5.02 Å². The topological polar surface area (TPSA) is 12.5 Å². The summed E-state index contributed by atoms with van der Waals surface area (Å²) in [6.07, 6.45) is -9.85. The molecule has 0 unspecified atom stereocenters. The molecule has 24 heavy (non-hydrogen) atoms. The van der Waals surface area contributed by atoms with Gasteiger partial charge in [-0.05, 0) is 62.7 Å². The Bertz CT molecular complexity index is 1520. The lowest BCUT2D eigenvalue weighted by atomic mass is 9.88. The van der Waals surface area contributed by atoms with Gasteiger partial charge in [-0.3, -0.25) is 0 Å². The van der Waals surface area contributed by atoms with Gasteiger partial charge in [0.15, 0.2) is 0 Å². The molecule has 0 amide bonds. The van der Waals surface area contributed by atoms with E-state index in [1.807, 2.05) is 0 Å². The van der Waals surface area contributed by atoms with E-state index in [2.05, 4.69) is 0 Å². The molecule has 3 heteroatoms. The number of nitrogens with zero attached hydrogens (tertiary/aromatic N) is 1. The van der Waals surface area contributed by atoms with Gasteiger partial charge in [-0.25, -0.2) is 0 Å². The van der Waals surface area contributed by atoms with E-state index in [4.69, 9.17) is 49.2 Å². The van der Waals surface area contributed by atoms with E-state index < -0.39 is 133 Å². The fourth-order valence-corrected chi connectivity index (χ4v) is 1.84. The van der Waals surface area contributed by atoms with Gasteiger partial charge in [0.25, 0.3) is 0 Å². The lowest BCUT2D eigenvalue weighted by Gasteiger charge is -2.32. The minimum Gasteiger partial charge on any atom is -0.366 e. The third kappa shape index (κ3) is 3.83. The van der Waals surface area contributed by atoms with Crippen LogP contribution in [0.5, 0.6) is 0 Å². The molecule has 0 aromatic heterocycles. The minimum atomic E-state index is -4.09. The minimum absolute atomic E-state index is 0.576. The summed E-state index contributed by atoms with van der Waals surface area (Å²) in [5.41, 5.74) is -6.90. The Hall–Kier alpha value is -1.35. The highest BCUT2D eigenvalue weighted by molar-refractivity contribution is 6.30. The van der Waals surface area contributed by atoms with Gasteiger partial charge in [0, 0.05) is 35.4 Å². The van der Waals surface area contributed by atoms with Crippen molar-refractivity contribution >= 4 is 11.6 Å². The fourth-order valence-electron chi connectivity index (χ4n) is 1.74. The Labute approximate surface area is 184 Å². The van der Waals surface area contributed by atoms with Crippen LogP contribution in [0.15, 0.2) is 54.4 Å². The highest BCUT2D eigenvalue weighted by atomic mass is 35.5. The van der Waals surface area contributed by atoms with E-state index in [1.54, 1.807) is 0 Å². The smallest absolute Gasteiger partial charge is 0.115 e. The summed E-state index contributed by atoms with van der Waals surface area (Å²) in [5, 5.41) is -0.876. The molecule has 128 valence electrons. The summed E-state index contributed by atoms with van der Waals surface area (Å²) in [7, 11) is 0. The second-order valence-electron chi connectivity index (χ2n) is 4.44. The summed E-state index contributed by atoms with van der Waals surface area (Å²) >= 11 is 5.89. The number of likely N-dealkylation sites (tertiary alicyclic amines) is 1. The number of hydrogen-bond acceptors (Lipinski definition) is 2. The molecule has 1 aliphatic heterocycles. The van der Waals surface area contributed by atoms with Crippen LogP contribution in [-0.4, -0.2) is 30.9 Å². The van der Waals surface area contributed by atoms with E-state index in [0.717, 1.165) is 0 Å². The number of benzene rings is 2. The summed E-state index contributed by atoms with van der Waals surface area (Å²) in [5.74, 6) is 0. The first kappa shape index (κ1) is 4.49. The van der Waals surface area contributed by atoms with Gasteiger partial charge in [-0.15, -0.1) is 0 Å². The number of ether oxygens (including phenoxy) is 1. The maximum atomic E-state index is 8.84. The molecule has 1 saturated heterocycles. The molecule has 0 N–H and O–H groups in total. The van der Waals surface area contributed by atoms with Crippen molar-refractivity contribution in [2.24, 2.45) is 0 Å². The third-order valence-corrected chi connectivity index (χ3v) is 3.10. The molecule has 0 radical (unpaired) electrons. The highest BCUT2D eigenvalue weighted by Gasteiger charge is 2.30. The monoisotopic (exact) mass is 367 g/mol. The molecule has 1 fully saturated rings. The molecule has 2 aromatic carbocycles. The van der Waals surface area contributed by atoms with Crippen molar-refractivity contribution in [3.05, 3.63) is 70.5 Å². The zero-order valence-electron chi connectivity index (χ0n) is 35.9. The van der Waals surface area contributed by atoms with E-state index in [9.17, 15) is 0 Å². The molecule has 0 saturated carbocycles. The maximum Gasteiger partial charge on any atom is 0.115 e. The number of rotatable bonds is 6. The van der Waals surface area contributed by atoms with E-state index in [-0.39, 0.29) is 0 Å². The predicted molar refractivity (Wildman–Crippen MR) is 101 cm³/mol. The van der Waals surface area contributed by atoms with Gasteiger partial charge in [0.2, 0.25) is 0 Å². The summed E-state index contributed by atoms with van der Waals surface area (Å²) < 4.78 is 204. The molecule has 2 atom stereocenters. The van der Waals surface area contributed by atoms with Crippen LogP contribution in [0.4, 0.5) is 0 Å². The standard InChI is InChI=1S/C21H26ClNO/c1-21(17-7-4-3-5-8-17,18-10-12-19(22)13-11-18)24-16-14-20-9-6-15-23(20)2/h3-5,7-8,10-13,20H,6,9,14-16H2,1-2H3/t20-,21-/m1/s1/i1D3,2D3,3D,4D,5D,6D2,7D,8D,9D2,10D,11D,12D,13D,15D2,16D2,20D. The predicted octanol–water partition coefficient (Wildman–Crippen LogP) is 5.10. The van der Waals surface area contributed by atoms with Crippen molar-refractivity contribution in [3.63, 3.8) is 0 Å². The molecule has 1 heterocycles. The van der Waals surface area contributed by atoms with Crippen molar-refractivity contribution in [2.45, 2.75) is 37.6 Å². The van der Waals surface area contributed by atoms with Crippen LogP contribution in [0.25, 0.3) is 0 Å². The molecular formula is C21H26ClNO. The van der Waals surface area contributed by atoms with Gasteiger partial charge < -0.3 is 9.64 Å². The average molecular weight is 368 g/mol. The highest BCUT2D eigenvalue weighted by Crippen LogP contribution is 2.34. The van der Waals surface area contributed by atoms with Crippen LogP contribution >= 0.6 is 11.6 Å². The second-order valence-corrected chi connectivity index (χ2v) is 4.82. The first-order chi connectivity index (χ1) is 21.1. The largest absolute Gasteiger partial charge is 0.366 e. The van der Waals surface area contributed by atoms with E-state index in [0.29, 0.717) is 0 Å². The molecule has 2 nitrogen and oxygen atoms in total. The van der Waals surface area contributed by atoms with Crippen molar-refractivity contribution in [1.29, 1.82) is 0 Å². The molecular weight excluding hydrogens is 318 g/mol. The van der Waals surface area contributed by atoms with Gasteiger partial charge in [0.1, 0.15) is 5.60 Å². The quantitative estimate of drug-likeness (QED) is 0.703. The zero-order valence-corrected chi connectivity index (χ0v) is 12.7. The molecule has 0 aliphatic carbocycles. The van der Waals surface area contributed by atoms with Crippen LogP contribution < -0.4 is 0 Å². The van der Waals surface area contributed by atoms with Crippen molar-refractivity contribution in [1.82, 2.24) is 4.90 Å². The fraction of sp³-hybridized carbons (Fsp3) is 0.429. The Morgan fingerprint density at radius 3 is 2.79 bits per heavy atom. The number of hydrogen-bond donors (Lipinski definition) is 0. The normalized spacial score (nSPS) is 46.4. The maximum absolute atomic E-state index is 8.84. The van der Waals surface area contributed by atoms with Gasteiger partial charge in [-0.2, -0.15) is 0 Å². The Morgan fingerprint density at radius 2 is 2.08 bits per heavy atom. The first-order valence-electron chi connectivity index (χ1n) is 18.5. The molecule has 1 aliphatic rings. The Balaban J connectivity index is 2.59. The molecule has 0 bridgehead atoms. The van der Waals surface area contributed by atoms with Crippen LogP contribution in [0.1, 0.15) is 70.0 Å². The SMILES string of the molecule is [2H]c1c([2H])c([2H])c([C@@](OC([2H])([2H])C[C@]2([2H])N(C([2H])([2H])[2H])C([2H])([2H])C([2H])([2H])C2([2H])[2H])(c2c([2H])c([2H])c(Cl)c([2H])c2[2H])C([2H])([2H])[2H])c([2H])c1[2H]. The van der Waals surface area contributed by atoms with Crippen LogP contribution in [0.3, 0.4) is 0 Å². The summed E-state index contributed by atoms with van der Waals surface area (Å²) in [6, 6.07) is -15.2. The van der Waals surface area contributed by atoms with E-state index in [1.165, 1.54) is 0 Å². The lowest BCUT2D eigenvalue weighted by molar-refractivity contribution is -0.0117. The molecule has 0 spiro atoms. The molecule has 2 aromatic rings. The van der Waals surface area contributed by atoms with E-state index >= 15 is 0 Å². The Kier molecular flexibility index (Phi) is 1.44. The van der Waals surface area contributed by atoms with Gasteiger partial charge in [0.05, 0.1) is 15.1 Å². The van der Waals surface area contributed by atoms with Crippen LogP contribution in [0, 0.1) is 0 Å². The summed E-state index contributed by atoms with van der Waals surface area (Å²) in [4.78, 5) is -0.576. The lowest BCUT2D eigenvalue weighted by Crippen LogP contribution is -2.31. The average Bonchev–Trinajstić information content (AvgIpc) is 2.98. The Morgan fingerprint density at radius 1 is 1.33 bits per heavy atom.